The summed E-state index contributed by atoms with van der Waals surface area (Å²) in [6.45, 7) is 3.93. The van der Waals surface area contributed by atoms with Crippen LogP contribution >= 0.6 is 0 Å². The molecule has 0 saturated heterocycles. The van der Waals surface area contributed by atoms with Crippen molar-refractivity contribution in [1.82, 2.24) is 30.8 Å². The van der Waals surface area contributed by atoms with E-state index in [2.05, 4.69) is 30.8 Å². The van der Waals surface area contributed by atoms with E-state index < -0.39 is 0 Å². The molecule has 0 aromatic carbocycles. The van der Waals surface area contributed by atoms with Gasteiger partial charge >= 0.3 is 0 Å². The lowest BCUT2D eigenvalue weighted by atomic mass is 10.2. The molecular formula is C6H8N6O. The van der Waals surface area contributed by atoms with Crippen molar-refractivity contribution in [1.29, 1.82) is 0 Å². The van der Waals surface area contributed by atoms with Gasteiger partial charge in [0.05, 0.1) is 0 Å². The Labute approximate surface area is 73.5 Å². The van der Waals surface area contributed by atoms with Gasteiger partial charge in [-0.25, -0.2) is 0 Å². The molecule has 0 atom stereocenters. The summed E-state index contributed by atoms with van der Waals surface area (Å²) in [4.78, 5) is 4.09. The lowest BCUT2D eigenvalue weighted by molar-refractivity contribution is 0.365. The molecule has 2 rings (SSSR count). The fourth-order valence-corrected chi connectivity index (χ4v) is 0.817. The Morgan fingerprint density at radius 3 is 2.69 bits per heavy atom. The summed E-state index contributed by atoms with van der Waals surface area (Å²) in [5.74, 6) is 1.47. The maximum absolute atomic E-state index is 4.97. The van der Waals surface area contributed by atoms with Crippen LogP contribution in [-0.4, -0.2) is 30.8 Å². The van der Waals surface area contributed by atoms with Crippen LogP contribution in [0.3, 0.4) is 0 Å². The maximum Gasteiger partial charge on any atom is 0.245 e. The van der Waals surface area contributed by atoms with Crippen LogP contribution < -0.4 is 0 Å². The summed E-state index contributed by atoms with van der Waals surface area (Å²) < 4.78 is 4.97. The Morgan fingerprint density at radius 2 is 2.15 bits per heavy atom. The van der Waals surface area contributed by atoms with Crippen molar-refractivity contribution in [2.75, 3.05) is 0 Å². The average Bonchev–Trinajstić information content (AvgIpc) is 2.75. The fourth-order valence-electron chi connectivity index (χ4n) is 0.817. The number of hydrogen-bond donors (Lipinski definition) is 1. The predicted molar refractivity (Wildman–Crippen MR) is 41.6 cm³/mol. The number of tetrazole rings is 1. The molecule has 0 aliphatic rings. The second-order valence-corrected chi connectivity index (χ2v) is 2.85. The van der Waals surface area contributed by atoms with Crippen molar-refractivity contribution in [3.05, 3.63) is 5.89 Å². The van der Waals surface area contributed by atoms with Crippen LogP contribution in [-0.2, 0) is 0 Å². The Hall–Kier alpha value is -1.79. The summed E-state index contributed by atoms with van der Waals surface area (Å²) in [5, 5.41) is 16.9. The molecule has 0 bridgehead atoms. The minimum atomic E-state index is 0.202. The van der Waals surface area contributed by atoms with Gasteiger partial charge in [0, 0.05) is 5.92 Å². The normalized spacial score (nSPS) is 11.0. The van der Waals surface area contributed by atoms with Crippen molar-refractivity contribution in [2.24, 2.45) is 0 Å². The first-order valence-electron chi connectivity index (χ1n) is 3.85. The van der Waals surface area contributed by atoms with E-state index in [1.54, 1.807) is 0 Å². The molecule has 0 aliphatic carbocycles. The van der Waals surface area contributed by atoms with Crippen molar-refractivity contribution in [3.8, 4) is 11.6 Å². The van der Waals surface area contributed by atoms with E-state index in [1.165, 1.54) is 0 Å². The molecule has 0 unspecified atom stereocenters. The number of nitrogens with zero attached hydrogens (tertiary/aromatic N) is 5. The topological polar surface area (TPSA) is 93.4 Å². The van der Waals surface area contributed by atoms with Crippen LogP contribution in [0.4, 0.5) is 0 Å². The molecule has 0 radical (unpaired) electrons. The van der Waals surface area contributed by atoms with Gasteiger partial charge < -0.3 is 4.52 Å². The second-order valence-electron chi connectivity index (χ2n) is 2.85. The molecule has 13 heavy (non-hydrogen) atoms. The van der Waals surface area contributed by atoms with Gasteiger partial charge in [-0.1, -0.05) is 19.0 Å². The highest BCUT2D eigenvalue weighted by atomic mass is 16.5. The third-order valence-corrected chi connectivity index (χ3v) is 1.48. The first-order valence-corrected chi connectivity index (χ1v) is 3.85. The fraction of sp³-hybridized carbons (Fsp3) is 0.500. The van der Waals surface area contributed by atoms with E-state index in [4.69, 9.17) is 4.52 Å². The van der Waals surface area contributed by atoms with Crippen molar-refractivity contribution >= 4 is 0 Å². The van der Waals surface area contributed by atoms with Crippen molar-refractivity contribution in [3.63, 3.8) is 0 Å². The first-order chi connectivity index (χ1) is 6.27. The summed E-state index contributed by atoms with van der Waals surface area (Å²) >= 11 is 0. The van der Waals surface area contributed by atoms with E-state index in [9.17, 15) is 0 Å². The highest BCUT2D eigenvalue weighted by Gasteiger charge is 2.13. The van der Waals surface area contributed by atoms with Gasteiger partial charge in [0.15, 0.2) is 0 Å². The van der Waals surface area contributed by atoms with Crippen LogP contribution in [0.1, 0.15) is 25.7 Å². The van der Waals surface area contributed by atoms with Gasteiger partial charge in [-0.2, -0.15) is 10.2 Å². The monoisotopic (exact) mass is 180 g/mol. The minimum Gasteiger partial charge on any atom is -0.339 e. The van der Waals surface area contributed by atoms with Gasteiger partial charge in [0.1, 0.15) is 0 Å². The van der Waals surface area contributed by atoms with Gasteiger partial charge in [-0.05, 0) is 5.21 Å². The van der Waals surface area contributed by atoms with E-state index in [0.29, 0.717) is 17.5 Å². The number of H-pyrrole nitrogens is 1. The highest BCUT2D eigenvalue weighted by molar-refractivity contribution is 5.38. The molecular weight excluding hydrogens is 172 g/mol. The number of hydrogen-bond acceptors (Lipinski definition) is 6. The molecule has 0 spiro atoms. The molecule has 1 N–H and O–H groups in total. The lowest BCUT2D eigenvalue weighted by Gasteiger charge is -1.91. The Balaban J connectivity index is 2.33. The third-order valence-electron chi connectivity index (χ3n) is 1.48. The number of nitrogens with one attached hydrogen (secondary N) is 1. The molecule has 0 saturated carbocycles. The van der Waals surface area contributed by atoms with E-state index in [0.717, 1.165) is 0 Å². The van der Waals surface area contributed by atoms with Gasteiger partial charge in [0.25, 0.3) is 0 Å². The number of rotatable bonds is 2. The smallest absolute Gasteiger partial charge is 0.245 e. The minimum absolute atomic E-state index is 0.202. The predicted octanol–water partition coefficient (Wildman–Crippen LogP) is 0.373. The van der Waals surface area contributed by atoms with Gasteiger partial charge in [-0.3, -0.25) is 0 Å². The average molecular weight is 180 g/mol. The van der Waals surface area contributed by atoms with E-state index >= 15 is 0 Å². The molecule has 0 aliphatic heterocycles. The zero-order valence-electron chi connectivity index (χ0n) is 7.22. The third kappa shape index (κ3) is 1.40. The zero-order chi connectivity index (χ0) is 9.26. The number of aromatic amines is 1. The molecule has 0 fully saturated rings. The quantitative estimate of drug-likeness (QED) is 0.717. The summed E-state index contributed by atoms with van der Waals surface area (Å²) in [5.41, 5.74) is 0. The number of aromatic nitrogens is 6. The van der Waals surface area contributed by atoms with E-state index in [-0.39, 0.29) is 5.92 Å². The Bertz CT molecular complexity index is 377. The lowest BCUT2D eigenvalue weighted by Crippen LogP contribution is -1.87. The van der Waals surface area contributed by atoms with Gasteiger partial charge in [0.2, 0.25) is 17.5 Å². The highest BCUT2D eigenvalue weighted by Crippen LogP contribution is 2.14. The molecule has 0 amide bonds. The SMILES string of the molecule is CC(C)c1nc(-c2nn[nH]n2)no1. The summed E-state index contributed by atoms with van der Waals surface area (Å²) in [6.07, 6.45) is 0. The molecule has 2 aromatic heterocycles. The van der Waals surface area contributed by atoms with Crippen molar-refractivity contribution < 1.29 is 4.52 Å². The van der Waals surface area contributed by atoms with Crippen LogP contribution in [0.2, 0.25) is 0 Å². The molecule has 68 valence electrons. The summed E-state index contributed by atoms with van der Waals surface area (Å²) in [6, 6.07) is 0. The zero-order valence-corrected chi connectivity index (χ0v) is 7.22. The van der Waals surface area contributed by atoms with Crippen LogP contribution in [0.15, 0.2) is 4.52 Å². The standard InChI is InChI=1S/C6H8N6O/c1-3(2)6-7-4(10-13-6)5-8-11-12-9-5/h3H,1-2H3,(H,8,9,11,12). The van der Waals surface area contributed by atoms with Crippen molar-refractivity contribution in [2.45, 2.75) is 19.8 Å². The van der Waals surface area contributed by atoms with E-state index in [1.807, 2.05) is 13.8 Å². The summed E-state index contributed by atoms with van der Waals surface area (Å²) in [7, 11) is 0. The maximum atomic E-state index is 4.97. The molecule has 7 heteroatoms. The Morgan fingerprint density at radius 1 is 1.31 bits per heavy atom. The molecule has 2 aromatic rings. The Kier molecular flexibility index (Phi) is 1.76. The van der Waals surface area contributed by atoms with Crippen LogP contribution in [0, 0.1) is 0 Å². The van der Waals surface area contributed by atoms with Gasteiger partial charge in [-0.15, -0.1) is 10.2 Å². The molecule has 7 nitrogen and oxygen atoms in total. The second kappa shape index (κ2) is 2.92. The molecule has 2 heterocycles. The largest absolute Gasteiger partial charge is 0.339 e. The van der Waals surface area contributed by atoms with Crippen LogP contribution in [0.25, 0.3) is 11.6 Å². The first kappa shape index (κ1) is 7.84. The van der Waals surface area contributed by atoms with Crippen LogP contribution in [0.5, 0.6) is 0 Å².